The number of rotatable bonds is 5. The van der Waals surface area contributed by atoms with Crippen molar-refractivity contribution in [1.29, 1.82) is 0 Å². The highest BCUT2D eigenvalue weighted by Crippen LogP contribution is 2.19. The molecule has 0 aliphatic carbocycles. The van der Waals surface area contributed by atoms with Gasteiger partial charge in [-0.25, -0.2) is 4.98 Å². The predicted octanol–water partition coefficient (Wildman–Crippen LogP) is 1.59. The number of nitrogens with one attached hydrogen (secondary N) is 2. The zero-order valence-electron chi connectivity index (χ0n) is 12.5. The molecule has 1 heterocycles. The molecule has 0 aliphatic heterocycles. The highest BCUT2D eigenvalue weighted by Gasteiger charge is 2.12. The van der Waals surface area contributed by atoms with E-state index >= 15 is 0 Å². The lowest BCUT2D eigenvalue weighted by molar-refractivity contribution is -0.115. The summed E-state index contributed by atoms with van der Waals surface area (Å²) < 4.78 is 0. The van der Waals surface area contributed by atoms with Gasteiger partial charge in [-0.2, -0.15) is 0 Å². The smallest absolute Gasteiger partial charge is 0.271 e. The summed E-state index contributed by atoms with van der Waals surface area (Å²) in [7, 11) is 0. The molecule has 1 aromatic heterocycles. The maximum absolute atomic E-state index is 12.0. The Balaban J connectivity index is 1.91. The molecule has 7 heteroatoms. The molecule has 6 nitrogen and oxygen atoms in total. The molecule has 0 bridgehead atoms. The fraction of sp³-hybridized carbons (Fsp3) is 0.267. The second-order valence-electron chi connectivity index (χ2n) is 4.83. The molecule has 1 aromatic carbocycles. The van der Waals surface area contributed by atoms with Gasteiger partial charge < -0.3 is 16.4 Å². The number of anilines is 1. The summed E-state index contributed by atoms with van der Waals surface area (Å²) in [6.07, 6.45) is 0. The number of aryl methyl sites for hydroxylation is 2. The molecule has 2 aromatic rings. The Morgan fingerprint density at radius 1 is 1.27 bits per heavy atom. The van der Waals surface area contributed by atoms with E-state index in [1.54, 1.807) is 5.38 Å². The van der Waals surface area contributed by atoms with E-state index in [9.17, 15) is 9.59 Å². The Kier molecular flexibility index (Phi) is 5.24. The van der Waals surface area contributed by atoms with Crippen LogP contribution in [0.1, 0.15) is 26.6 Å². The van der Waals surface area contributed by atoms with E-state index in [0.717, 1.165) is 16.8 Å². The van der Waals surface area contributed by atoms with Crippen LogP contribution in [0.15, 0.2) is 23.6 Å². The molecule has 116 valence electrons. The van der Waals surface area contributed by atoms with Crippen molar-refractivity contribution in [2.45, 2.75) is 20.4 Å². The number of carbonyl (C=O) groups is 2. The van der Waals surface area contributed by atoms with Crippen LogP contribution in [0.25, 0.3) is 0 Å². The molecule has 0 radical (unpaired) electrons. The highest BCUT2D eigenvalue weighted by atomic mass is 32.1. The van der Waals surface area contributed by atoms with Crippen LogP contribution in [0, 0.1) is 13.8 Å². The second-order valence-corrected chi connectivity index (χ2v) is 5.77. The number of aromatic nitrogens is 1. The number of carbonyl (C=O) groups excluding carboxylic acids is 2. The summed E-state index contributed by atoms with van der Waals surface area (Å²) in [5.41, 5.74) is 8.47. The largest absolute Gasteiger partial charge is 0.342 e. The molecule has 0 aliphatic rings. The van der Waals surface area contributed by atoms with Crippen LogP contribution in [0.5, 0.6) is 0 Å². The SMILES string of the molecule is Cc1cccc(C)c1NC(=O)CNC(=O)c1csc(CN)n1. The fourth-order valence-electron chi connectivity index (χ4n) is 1.96. The summed E-state index contributed by atoms with van der Waals surface area (Å²) >= 11 is 1.32. The van der Waals surface area contributed by atoms with E-state index < -0.39 is 0 Å². The minimum absolute atomic E-state index is 0.109. The molecule has 0 saturated heterocycles. The summed E-state index contributed by atoms with van der Waals surface area (Å²) in [6, 6.07) is 5.77. The Hall–Kier alpha value is -2.25. The van der Waals surface area contributed by atoms with Crippen LogP contribution in [-0.4, -0.2) is 23.3 Å². The van der Waals surface area contributed by atoms with E-state index in [4.69, 9.17) is 5.73 Å². The number of hydrogen-bond donors (Lipinski definition) is 3. The molecule has 0 spiro atoms. The van der Waals surface area contributed by atoms with E-state index in [1.807, 2.05) is 32.0 Å². The zero-order valence-corrected chi connectivity index (χ0v) is 13.3. The van der Waals surface area contributed by atoms with Gasteiger partial charge in [0.05, 0.1) is 6.54 Å². The standard InChI is InChI=1S/C15H18N4O2S/c1-9-4-3-5-10(2)14(9)19-12(20)7-17-15(21)11-8-22-13(6-16)18-11/h3-5,8H,6-7,16H2,1-2H3,(H,17,21)(H,19,20). The van der Waals surface area contributed by atoms with Crippen molar-refractivity contribution in [2.24, 2.45) is 5.73 Å². The van der Waals surface area contributed by atoms with Gasteiger partial charge in [-0.15, -0.1) is 11.3 Å². The Labute approximate surface area is 132 Å². The first-order valence-corrected chi connectivity index (χ1v) is 7.68. The van der Waals surface area contributed by atoms with Crippen molar-refractivity contribution >= 4 is 28.8 Å². The number of nitrogens with zero attached hydrogens (tertiary/aromatic N) is 1. The predicted molar refractivity (Wildman–Crippen MR) is 86.9 cm³/mol. The van der Waals surface area contributed by atoms with Crippen molar-refractivity contribution in [3.8, 4) is 0 Å². The molecular weight excluding hydrogens is 300 g/mol. The van der Waals surface area contributed by atoms with Crippen LogP contribution in [0.4, 0.5) is 5.69 Å². The lowest BCUT2D eigenvalue weighted by atomic mass is 10.1. The topological polar surface area (TPSA) is 97.1 Å². The minimum atomic E-state index is -0.382. The first-order valence-electron chi connectivity index (χ1n) is 6.80. The highest BCUT2D eigenvalue weighted by molar-refractivity contribution is 7.09. The van der Waals surface area contributed by atoms with Crippen molar-refractivity contribution in [1.82, 2.24) is 10.3 Å². The van der Waals surface area contributed by atoms with Crippen LogP contribution < -0.4 is 16.4 Å². The van der Waals surface area contributed by atoms with Crippen molar-refractivity contribution in [3.63, 3.8) is 0 Å². The number of nitrogens with two attached hydrogens (primary N) is 1. The lowest BCUT2D eigenvalue weighted by Crippen LogP contribution is -2.33. The molecule has 4 N–H and O–H groups in total. The Morgan fingerprint density at radius 2 is 1.95 bits per heavy atom. The zero-order chi connectivity index (χ0) is 16.1. The second kappa shape index (κ2) is 7.15. The normalized spacial score (nSPS) is 10.3. The maximum Gasteiger partial charge on any atom is 0.271 e. The van der Waals surface area contributed by atoms with Gasteiger partial charge in [0, 0.05) is 17.6 Å². The molecule has 0 saturated carbocycles. The Bertz CT molecular complexity index is 676. The van der Waals surface area contributed by atoms with Gasteiger partial charge in [-0.3, -0.25) is 9.59 Å². The van der Waals surface area contributed by atoms with Crippen molar-refractivity contribution in [3.05, 3.63) is 45.4 Å². The van der Waals surface area contributed by atoms with Crippen LogP contribution in [0.3, 0.4) is 0 Å². The minimum Gasteiger partial charge on any atom is -0.342 e. The third-order valence-electron chi connectivity index (χ3n) is 3.11. The molecule has 22 heavy (non-hydrogen) atoms. The number of para-hydroxylation sites is 1. The monoisotopic (exact) mass is 318 g/mol. The van der Waals surface area contributed by atoms with Crippen molar-refractivity contribution in [2.75, 3.05) is 11.9 Å². The van der Waals surface area contributed by atoms with E-state index in [0.29, 0.717) is 11.6 Å². The van der Waals surface area contributed by atoms with E-state index in [-0.39, 0.29) is 24.1 Å². The summed E-state index contributed by atoms with van der Waals surface area (Å²) in [5, 5.41) is 7.67. The number of amides is 2. The molecule has 0 unspecified atom stereocenters. The summed E-state index contributed by atoms with van der Waals surface area (Å²) in [5.74, 6) is -0.660. The number of benzene rings is 1. The fourth-order valence-corrected chi connectivity index (χ4v) is 2.61. The van der Waals surface area contributed by atoms with Crippen LogP contribution >= 0.6 is 11.3 Å². The third-order valence-corrected chi connectivity index (χ3v) is 3.99. The van der Waals surface area contributed by atoms with Crippen LogP contribution in [0.2, 0.25) is 0 Å². The van der Waals surface area contributed by atoms with Gasteiger partial charge >= 0.3 is 0 Å². The summed E-state index contributed by atoms with van der Waals surface area (Å²) in [6.45, 7) is 4.03. The van der Waals surface area contributed by atoms with Gasteiger partial charge in [0.25, 0.3) is 5.91 Å². The molecular formula is C15H18N4O2S. The van der Waals surface area contributed by atoms with Gasteiger partial charge in [0.2, 0.25) is 5.91 Å². The third kappa shape index (κ3) is 3.90. The first-order chi connectivity index (χ1) is 10.5. The van der Waals surface area contributed by atoms with Gasteiger partial charge in [-0.1, -0.05) is 18.2 Å². The number of thiazole rings is 1. The average molecular weight is 318 g/mol. The molecule has 0 fully saturated rings. The molecule has 2 amide bonds. The van der Waals surface area contributed by atoms with Gasteiger partial charge in [0.1, 0.15) is 10.7 Å². The lowest BCUT2D eigenvalue weighted by Gasteiger charge is -2.11. The Morgan fingerprint density at radius 3 is 2.55 bits per heavy atom. The van der Waals surface area contributed by atoms with Crippen LogP contribution in [-0.2, 0) is 11.3 Å². The van der Waals surface area contributed by atoms with Gasteiger partial charge in [-0.05, 0) is 25.0 Å². The van der Waals surface area contributed by atoms with E-state index in [2.05, 4.69) is 15.6 Å². The first kappa shape index (κ1) is 16.1. The quantitative estimate of drug-likeness (QED) is 0.780. The maximum atomic E-state index is 12.0. The van der Waals surface area contributed by atoms with Crippen molar-refractivity contribution < 1.29 is 9.59 Å². The van der Waals surface area contributed by atoms with Gasteiger partial charge in [0.15, 0.2) is 0 Å². The molecule has 2 rings (SSSR count). The average Bonchev–Trinajstić information content (AvgIpc) is 2.98. The molecule has 0 atom stereocenters. The number of hydrogen-bond acceptors (Lipinski definition) is 5. The van der Waals surface area contributed by atoms with E-state index in [1.165, 1.54) is 11.3 Å². The summed E-state index contributed by atoms with van der Waals surface area (Å²) in [4.78, 5) is 27.9.